The first-order valence-electron chi connectivity index (χ1n) is 10.0. The highest BCUT2D eigenvalue weighted by molar-refractivity contribution is 5.27. The van der Waals surface area contributed by atoms with E-state index in [4.69, 9.17) is 4.74 Å². The van der Waals surface area contributed by atoms with Gasteiger partial charge in [-0.2, -0.15) is 0 Å². The highest BCUT2D eigenvalue weighted by Gasteiger charge is 2.26. The molecule has 2 aliphatic rings. The van der Waals surface area contributed by atoms with Crippen LogP contribution >= 0.6 is 0 Å². The number of imidazole rings is 1. The second-order valence-corrected chi connectivity index (χ2v) is 7.54. The second kappa shape index (κ2) is 8.69. The largest absolute Gasteiger partial charge is 0.492 e. The molecule has 0 saturated carbocycles. The molecular weight excluding hydrogens is 324 g/mol. The molecule has 2 fully saturated rings. The first-order valence-corrected chi connectivity index (χ1v) is 10.0. The van der Waals surface area contributed by atoms with Crippen LogP contribution in [0.15, 0.2) is 43.0 Å². The minimum absolute atomic E-state index is 0.666. The van der Waals surface area contributed by atoms with E-state index in [-0.39, 0.29) is 0 Å². The van der Waals surface area contributed by atoms with Gasteiger partial charge in [0.1, 0.15) is 12.4 Å². The highest BCUT2D eigenvalue weighted by atomic mass is 16.5. The summed E-state index contributed by atoms with van der Waals surface area (Å²) < 4.78 is 7.86. The molecule has 2 aromatic rings. The van der Waals surface area contributed by atoms with Gasteiger partial charge in [-0.05, 0) is 69.6 Å². The molecule has 2 saturated heterocycles. The zero-order chi connectivity index (χ0) is 17.6. The number of nitrogens with zero attached hydrogens (tertiary/aromatic N) is 4. The quantitative estimate of drug-likeness (QED) is 0.765. The van der Waals surface area contributed by atoms with Gasteiger partial charge in [-0.1, -0.05) is 12.1 Å². The Hall–Kier alpha value is -1.85. The van der Waals surface area contributed by atoms with Crippen molar-refractivity contribution in [1.29, 1.82) is 0 Å². The minimum Gasteiger partial charge on any atom is -0.492 e. The number of ether oxygens (including phenoxy) is 1. The zero-order valence-corrected chi connectivity index (χ0v) is 15.6. The Labute approximate surface area is 156 Å². The summed E-state index contributed by atoms with van der Waals surface area (Å²) in [5.41, 5.74) is 1.38. The molecule has 0 spiro atoms. The third kappa shape index (κ3) is 4.65. The van der Waals surface area contributed by atoms with Crippen molar-refractivity contribution in [3.8, 4) is 5.75 Å². The molecule has 0 amide bonds. The maximum atomic E-state index is 5.83. The number of rotatable bonds is 7. The van der Waals surface area contributed by atoms with E-state index in [0.29, 0.717) is 6.61 Å². The molecule has 1 aromatic carbocycles. The summed E-state index contributed by atoms with van der Waals surface area (Å²) in [5, 5.41) is 0. The van der Waals surface area contributed by atoms with Crippen molar-refractivity contribution in [3.05, 3.63) is 48.5 Å². The lowest BCUT2D eigenvalue weighted by atomic mass is 10.0. The molecule has 0 aliphatic carbocycles. The Morgan fingerprint density at radius 1 is 1.00 bits per heavy atom. The maximum Gasteiger partial charge on any atom is 0.119 e. The number of aromatic nitrogens is 2. The molecular formula is C21H30N4O. The molecule has 4 rings (SSSR count). The molecule has 2 aliphatic heterocycles. The first kappa shape index (κ1) is 17.6. The topological polar surface area (TPSA) is 33.5 Å². The Balaban J connectivity index is 1.19. The lowest BCUT2D eigenvalue weighted by Crippen LogP contribution is -2.43. The predicted molar refractivity (Wildman–Crippen MR) is 103 cm³/mol. The van der Waals surface area contributed by atoms with Gasteiger partial charge in [0.05, 0.1) is 12.9 Å². The molecule has 26 heavy (non-hydrogen) atoms. The maximum absolute atomic E-state index is 5.83. The zero-order valence-electron chi connectivity index (χ0n) is 15.6. The lowest BCUT2D eigenvalue weighted by Gasteiger charge is -2.36. The third-order valence-corrected chi connectivity index (χ3v) is 5.72. The Morgan fingerprint density at radius 2 is 1.77 bits per heavy atom. The van der Waals surface area contributed by atoms with Gasteiger partial charge in [0.25, 0.3) is 0 Å². The van der Waals surface area contributed by atoms with Crippen LogP contribution in [0.3, 0.4) is 0 Å². The van der Waals surface area contributed by atoms with E-state index in [2.05, 4.69) is 39.0 Å². The van der Waals surface area contributed by atoms with E-state index >= 15 is 0 Å². The van der Waals surface area contributed by atoms with Crippen LogP contribution in [-0.4, -0.2) is 58.2 Å². The summed E-state index contributed by atoms with van der Waals surface area (Å²) >= 11 is 0. The summed E-state index contributed by atoms with van der Waals surface area (Å²) in [5.74, 6) is 0.946. The fourth-order valence-corrected chi connectivity index (χ4v) is 4.19. The molecule has 0 unspecified atom stereocenters. The predicted octanol–water partition coefficient (Wildman–Crippen LogP) is 3.02. The van der Waals surface area contributed by atoms with Crippen molar-refractivity contribution in [2.24, 2.45) is 0 Å². The summed E-state index contributed by atoms with van der Waals surface area (Å²) in [6, 6.07) is 9.44. The first-order chi connectivity index (χ1) is 12.9. The van der Waals surface area contributed by atoms with Crippen LogP contribution in [0, 0.1) is 0 Å². The molecule has 5 heteroatoms. The fraction of sp³-hybridized carbons (Fsp3) is 0.571. The van der Waals surface area contributed by atoms with Crippen molar-refractivity contribution >= 4 is 0 Å². The van der Waals surface area contributed by atoms with Crippen LogP contribution in [0.2, 0.25) is 0 Å². The van der Waals surface area contributed by atoms with Crippen molar-refractivity contribution in [1.82, 2.24) is 19.4 Å². The van der Waals surface area contributed by atoms with E-state index < -0.39 is 0 Å². The number of hydrogen-bond acceptors (Lipinski definition) is 4. The summed E-state index contributed by atoms with van der Waals surface area (Å²) in [7, 11) is 0. The lowest BCUT2D eigenvalue weighted by molar-refractivity contribution is 0.122. The summed E-state index contributed by atoms with van der Waals surface area (Å²) in [4.78, 5) is 9.36. The molecule has 0 N–H and O–H groups in total. The number of piperidine rings is 1. The van der Waals surface area contributed by atoms with Crippen LogP contribution in [0.25, 0.3) is 0 Å². The van der Waals surface area contributed by atoms with Crippen molar-refractivity contribution in [2.45, 2.75) is 44.8 Å². The smallest absolute Gasteiger partial charge is 0.119 e. The highest BCUT2D eigenvalue weighted by Crippen LogP contribution is 2.22. The monoisotopic (exact) mass is 354 g/mol. The van der Waals surface area contributed by atoms with E-state index in [9.17, 15) is 0 Å². The second-order valence-electron chi connectivity index (χ2n) is 7.54. The number of hydrogen-bond donors (Lipinski definition) is 0. The number of benzene rings is 1. The minimum atomic E-state index is 0.666. The standard InChI is InChI=1S/C21H30N4O/c1-2-11-25(10-1)20-7-12-23(13-8-20)17-19-3-5-21(6-4-19)26-16-15-24-14-9-22-18-24/h3-6,9,14,18,20H,1-2,7-8,10-13,15-17H2. The average Bonchev–Trinajstić information content (AvgIpc) is 3.38. The van der Waals surface area contributed by atoms with Gasteiger partial charge in [0.15, 0.2) is 0 Å². The fourth-order valence-electron chi connectivity index (χ4n) is 4.19. The van der Waals surface area contributed by atoms with Crippen molar-refractivity contribution in [3.63, 3.8) is 0 Å². The van der Waals surface area contributed by atoms with Gasteiger partial charge < -0.3 is 14.2 Å². The molecule has 0 atom stereocenters. The van der Waals surface area contributed by atoms with Crippen molar-refractivity contribution < 1.29 is 4.74 Å². The summed E-state index contributed by atoms with van der Waals surface area (Å²) in [6.45, 7) is 7.66. The van der Waals surface area contributed by atoms with Gasteiger partial charge in [-0.25, -0.2) is 4.98 Å². The van der Waals surface area contributed by atoms with Gasteiger partial charge in [-0.15, -0.1) is 0 Å². The molecule has 140 valence electrons. The number of likely N-dealkylation sites (tertiary alicyclic amines) is 2. The molecule has 3 heterocycles. The van der Waals surface area contributed by atoms with Crippen LogP contribution in [0.4, 0.5) is 0 Å². The summed E-state index contributed by atoms with van der Waals surface area (Å²) in [6.07, 6.45) is 11.0. The van der Waals surface area contributed by atoms with E-state index in [1.165, 1.54) is 57.4 Å². The average molecular weight is 354 g/mol. The Kier molecular flexibility index (Phi) is 5.87. The van der Waals surface area contributed by atoms with E-state index in [1.807, 2.05) is 17.1 Å². The molecule has 1 aromatic heterocycles. The van der Waals surface area contributed by atoms with E-state index in [1.54, 1.807) is 6.20 Å². The Bertz CT molecular complexity index is 641. The van der Waals surface area contributed by atoms with Crippen LogP contribution in [0.1, 0.15) is 31.2 Å². The van der Waals surface area contributed by atoms with Gasteiger partial charge in [-0.3, -0.25) is 4.90 Å². The van der Waals surface area contributed by atoms with Crippen LogP contribution in [-0.2, 0) is 13.1 Å². The van der Waals surface area contributed by atoms with Gasteiger partial charge >= 0.3 is 0 Å². The van der Waals surface area contributed by atoms with Gasteiger partial charge in [0, 0.05) is 25.0 Å². The molecule has 0 bridgehead atoms. The molecule has 0 radical (unpaired) electrons. The van der Waals surface area contributed by atoms with E-state index in [0.717, 1.165) is 24.9 Å². The molecule has 5 nitrogen and oxygen atoms in total. The van der Waals surface area contributed by atoms with Gasteiger partial charge in [0.2, 0.25) is 0 Å². The van der Waals surface area contributed by atoms with Crippen LogP contribution in [0.5, 0.6) is 5.75 Å². The normalized spacial score (nSPS) is 19.8. The third-order valence-electron chi connectivity index (χ3n) is 5.72. The SMILES string of the molecule is c1cn(CCOc2ccc(CN3CCC(N4CCCC4)CC3)cc2)cn1. The van der Waals surface area contributed by atoms with Crippen LogP contribution < -0.4 is 4.74 Å². The Morgan fingerprint density at radius 3 is 2.46 bits per heavy atom. The van der Waals surface area contributed by atoms with Crippen molar-refractivity contribution in [2.75, 3.05) is 32.8 Å².